The van der Waals surface area contributed by atoms with Crippen LogP contribution in [-0.2, 0) is 4.79 Å². The van der Waals surface area contributed by atoms with Gasteiger partial charge in [0.05, 0.1) is 0 Å². The van der Waals surface area contributed by atoms with Crippen molar-refractivity contribution in [3.8, 4) is 0 Å². The molecule has 1 heterocycles. The van der Waals surface area contributed by atoms with Gasteiger partial charge in [-0.15, -0.1) is 0 Å². The fourth-order valence-electron chi connectivity index (χ4n) is 2.86. The second kappa shape index (κ2) is 7.14. The number of hydrogen-bond donors (Lipinski definition) is 2. The number of urea groups is 1. The minimum absolute atomic E-state index is 0.248. The quantitative estimate of drug-likeness (QED) is 0.841. The molecule has 0 saturated carbocycles. The van der Waals surface area contributed by atoms with Crippen LogP contribution in [0.15, 0.2) is 0 Å². The summed E-state index contributed by atoms with van der Waals surface area (Å²) in [4.78, 5) is 25.4. The molecule has 5 nitrogen and oxygen atoms in total. The zero-order chi connectivity index (χ0) is 16.2. The van der Waals surface area contributed by atoms with Crippen LogP contribution in [0.4, 0.5) is 4.79 Å². The summed E-state index contributed by atoms with van der Waals surface area (Å²) >= 11 is 0. The van der Waals surface area contributed by atoms with E-state index in [-0.39, 0.29) is 6.03 Å². The molecule has 1 unspecified atom stereocenters. The maximum atomic E-state index is 12.3. The van der Waals surface area contributed by atoms with Crippen molar-refractivity contribution in [2.24, 2.45) is 17.3 Å². The molecule has 1 rings (SSSR count). The second-order valence-electron chi connectivity index (χ2n) is 7.51. The van der Waals surface area contributed by atoms with Crippen molar-refractivity contribution in [1.29, 1.82) is 0 Å². The molecule has 21 heavy (non-hydrogen) atoms. The van der Waals surface area contributed by atoms with E-state index in [1.807, 2.05) is 20.8 Å². The molecule has 0 aromatic carbocycles. The smallest absolute Gasteiger partial charge is 0.326 e. The van der Waals surface area contributed by atoms with Gasteiger partial charge in [-0.3, -0.25) is 0 Å². The summed E-state index contributed by atoms with van der Waals surface area (Å²) in [7, 11) is 0. The van der Waals surface area contributed by atoms with E-state index < -0.39 is 17.4 Å². The van der Waals surface area contributed by atoms with Crippen LogP contribution in [-0.4, -0.2) is 41.1 Å². The van der Waals surface area contributed by atoms with Crippen molar-refractivity contribution >= 4 is 12.0 Å². The number of carbonyl (C=O) groups excluding carboxylic acids is 1. The molecular weight excluding hydrogens is 268 g/mol. The molecule has 0 radical (unpaired) electrons. The van der Waals surface area contributed by atoms with E-state index in [0.29, 0.717) is 24.9 Å². The van der Waals surface area contributed by atoms with E-state index in [0.717, 1.165) is 19.3 Å². The predicted molar refractivity (Wildman–Crippen MR) is 83.2 cm³/mol. The number of likely N-dealkylation sites (tertiary alicyclic amines) is 1. The standard InChI is InChI=1S/C16H30N2O3/c1-11(2)12-7-6-9-18(10-8-12)15(21)17-13(14(19)20)16(3,4)5/h11-13H,6-10H2,1-5H3,(H,17,21)(H,19,20)/t12?,13-/m1/s1. The highest BCUT2D eigenvalue weighted by atomic mass is 16.4. The van der Waals surface area contributed by atoms with Crippen molar-refractivity contribution in [3.05, 3.63) is 0 Å². The first-order valence-electron chi connectivity index (χ1n) is 7.91. The molecule has 2 N–H and O–H groups in total. The zero-order valence-corrected chi connectivity index (χ0v) is 14.0. The summed E-state index contributed by atoms with van der Waals surface area (Å²) in [5, 5.41) is 12.0. The molecule has 5 heteroatoms. The summed E-state index contributed by atoms with van der Waals surface area (Å²) in [6.07, 6.45) is 3.13. The van der Waals surface area contributed by atoms with Crippen LogP contribution in [0.5, 0.6) is 0 Å². The lowest BCUT2D eigenvalue weighted by atomic mass is 9.87. The normalized spacial score (nSPS) is 21.8. The van der Waals surface area contributed by atoms with Gasteiger partial charge in [0.2, 0.25) is 0 Å². The first-order valence-corrected chi connectivity index (χ1v) is 7.91. The number of hydrogen-bond acceptors (Lipinski definition) is 2. The lowest BCUT2D eigenvalue weighted by Gasteiger charge is -2.30. The summed E-state index contributed by atoms with van der Waals surface area (Å²) in [6, 6.07) is -1.11. The second-order valence-corrected chi connectivity index (χ2v) is 7.51. The number of nitrogens with zero attached hydrogens (tertiary/aromatic N) is 1. The number of aliphatic carboxylic acids is 1. The highest BCUT2D eigenvalue weighted by molar-refractivity contribution is 5.83. The van der Waals surface area contributed by atoms with Crippen molar-refractivity contribution in [1.82, 2.24) is 10.2 Å². The molecule has 1 aliphatic heterocycles. The Morgan fingerprint density at radius 3 is 2.29 bits per heavy atom. The summed E-state index contributed by atoms with van der Waals surface area (Å²) in [5.41, 5.74) is -0.506. The number of carboxylic acids is 1. The molecule has 1 aliphatic rings. The van der Waals surface area contributed by atoms with E-state index in [2.05, 4.69) is 19.2 Å². The van der Waals surface area contributed by atoms with E-state index in [1.54, 1.807) is 4.90 Å². The van der Waals surface area contributed by atoms with Crippen molar-refractivity contribution in [2.75, 3.05) is 13.1 Å². The molecule has 0 spiro atoms. The highest BCUT2D eigenvalue weighted by Crippen LogP contribution is 2.25. The topological polar surface area (TPSA) is 69.6 Å². The summed E-state index contributed by atoms with van der Waals surface area (Å²) < 4.78 is 0. The maximum absolute atomic E-state index is 12.3. The number of amides is 2. The zero-order valence-electron chi connectivity index (χ0n) is 14.0. The first kappa shape index (κ1) is 17.8. The van der Waals surface area contributed by atoms with Crippen LogP contribution in [0.2, 0.25) is 0 Å². The predicted octanol–water partition coefficient (Wildman–Crippen LogP) is 2.95. The molecule has 1 fully saturated rings. The van der Waals surface area contributed by atoms with Gasteiger partial charge in [0.15, 0.2) is 0 Å². The van der Waals surface area contributed by atoms with E-state index in [9.17, 15) is 14.7 Å². The van der Waals surface area contributed by atoms with Crippen LogP contribution >= 0.6 is 0 Å². The minimum atomic E-state index is -0.981. The molecule has 0 aromatic heterocycles. The molecule has 2 amide bonds. The largest absolute Gasteiger partial charge is 0.480 e. The Kier molecular flexibility index (Phi) is 6.05. The Bertz CT molecular complexity index is 374. The van der Waals surface area contributed by atoms with Crippen LogP contribution in [0.1, 0.15) is 53.9 Å². The lowest BCUT2D eigenvalue weighted by Crippen LogP contribution is -2.53. The Morgan fingerprint density at radius 1 is 1.19 bits per heavy atom. The Labute approximate surface area is 128 Å². The third-order valence-electron chi connectivity index (χ3n) is 4.38. The average Bonchev–Trinajstić information content (AvgIpc) is 2.59. The molecule has 0 aliphatic carbocycles. The maximum Gasteiger partial charge on any atom is 0.326 e. The van der Waals surface area contributed by atoms with Crippen molar-refractivity contribution in [2.45, 2.75) is 59.9 Å². The van der Waals surface area contributed by atoms with Crippen molar-refractivity contribution < 1.29 is 14.7 Å². The van der Waals surface area contributed by atoms with Gasteiger partial charge in [-0.25, -0.2) is 9.59 Å². The number of carbonyl (C=O) groups is 2. The van der Waals surface area contributed by atoms with E-state index in [1.165, 1.54) is 0 Å². The Morgan fingerprint density at radius 2 is 1.81 bits per heavy atom. The highest BCUT2D eigenvalue weighted by Gasteiger charge is 2.34. The number of rotatable bonds is 3. The third-order valence-corrected chi connectivity index (χ3v) is 4.38. The molecular formula is C16H30N2O3. The first-order chi connectivity index (χ1) is 9.62. The van der Waals surface area contributed by atoms with Crippen molar-refractivity contribution in [3.63, 3.8) is 0 Å². The van der Waals surface area contributed by atoms with Gasteiger partial charge in [0, 0.05) is 13.1 Å². The van der Waals surface area contributed by atoms with Crippen LogP contribution < -0.4 is 5.32 Å². The van der Waals surface area contributed by atoms with Gasteiger partial charge in [0.25, 0.3) is 0 Å². The Balaban J connectivity index is 2.64. The Hall–Kier alpha value is -1.26. The summed E-state index contributed by atoms with van der Waals surface area (Å²) in [6.45, 7) is 11.3. The average molecular weight is 298 g/mol. The van der Waals surface area contributed by atoms with Gasteiger partial charge in [0.1, 0.15) is 6.04 Å². The lowest BCUT2D eigenvalue weighted by molar-refractivity contribution is -0.142. The van der Waals surface area contributed by atoms with Crippen LogP contribution in [0, 0.1) is 17.3 Å². The van der Waals surface area contributed by atoms with Crippen LogP contribution in [0.25, 0.3) is 0 Å². The third kappa shape index (κ3) is 5.21. The van der Waals surface area contributed by atoms with E-state index in [4.69, 9.17) is 0 Å². The summed E-state index contributed by atoms with van der Waals surface area (Å²) in [5.74, 6) is 0.306. The van der Waals surface area contributed by atoms with Gasteiger partial charge < -0.3 is 15.3 Å². The number of carboxylic acid groups (broad SMARTS) is 1. The monoisotopic (exact) mass is 298 g/mol. The molecule has 1 saturated heterocycles. The van der Waals surface area contributed by atoms with Crippen LogP contribution in [0.3, 0.4) is 0 Å². The minimum Gasteiger partial charge on any atom is -0.480 e. The van der Waals surface area contributed by atoms with Gasteiger partial charge in [-0.2, -0.15) is 0 Å². The molecule has 0 bridgehead atoms. The van der Waals surface area contributed by atoms with Gasteiger partial charge in [-0.1, -0.05) is 34.6 Å². The molecule has 122 valence electrons. The van der Waals surface area contributed by atoms with Gasteiger partial charge in [-0.05, 0) is 36.5 Å². The van der Waals surface area contributed by atoms with Gasteiger partial charge >= 0.3 is 12.0 Å². The molecule has 2 atom stereocenters. The molecule has 0 aromatic rings. The fourth-order valence-corrected chi connectivity index (χ4v) is 2.86. The SMILES string of the molecule is CC(C)C1CCCN(C(=O)N[C@H](C(=O)O)C(C)(C)C)CC1. The number of nitrogens with one attached hydrogen (secondary N) is 1. The fraction of sp³-hybridized carbons (Fsp3) is 0.875. The van der Waals surface area contributed by atoms with E-state index >= 15 is 0 Å².